The topological polar surface area (TPSA) is 49.4 Å². The van der Waals surface area contributed by atoms with Gasteiger partial charge < -0.3 is 4.79 Å². The number of likely N-dealkylation sites (tertiary alicyclic amines) is 1. The Morgan fingerprint density at radius 2 is 2.17 bits per heavy atom. The molecule has 1 saturated heterocycles. The molecule has 0 aliphatic carbocycles. The van der Waals surface area contributed by atoms with Gasteiger partial charge in [-0.3, -0.25) is 4.79 Å². The molecule has 5 nitrogen and oxygen atoms in total. The van der Waals surface area contributed by atoms with E-state index in [1.165, 1.54) is 3.06 Å². The lowest BCUT2D eigenvalue weighted by Gasteiger charge is -2.42. The van der Waals surface area contributed by atoms with Crippen LogP contribution in [0.5, 0.6) is 0 Å². The number of ketones is 1. The van der Waals surface area contributed by atoms with Crippen molar-refractivity contribution in [3.8, 4) is 0 Å². The van der Waals surface area contributed by atoms with Crippen molar-refractivity contribution in [1.82, 2.24) is 8.60 Å². The van der Waals surface area contributed by atoms with Crippen molar-refractivity contribution in [1.29, 1.82) is 0 Å². The zero-order chi connectivity index (χ0) is 17.0. The summed E-state index contributed by atoms with van der Waals surface area (Å²) < 4.78 is 1.71. The molecule has 0 saturated carbocycles. The van der Waals surface area contributed by atoms with Gasteiger partial charge in [-0.05, 0) is 31.0 Å². The fourth-order valence-electron chi connectivity index (χ4n) is 2.90. The Hall–Kier alpha value is -0.0200. The lowest BCUT2D eigenvalue weighted by molar-refractivity contribution is -0.976. The summed E-state index contributed by atoms with van der Waals surface area (Å²) in [5.74, 6) is -0.183. The van der Waals surface area contributed by atoms with Gasteiger partial charge in [-0.1, -0.05) is 31.8 Å². The maximum atomic E-state index is 12.7. The summed E-state index contributed by atoms with van der Waals surface area (Å²) in [6, 6.07) is 4.83. The van der Waals surface area contributed by atoms with Gasteiger partial charge in [0.25, 0.3) is 0 Å². The summed E-state index contributed by atoms with van der Waals surface area (Å²) in [5.41, 5.74) is 3.58. The lowest BCUT2D eigenvalue weighted by atomic mass is 9.98. The molecule has 23 heavy (non-hydrogen) atoms. The Labute approximate surface area is 162 Å². The first-order valence-electron chi connectivity index (χ1n) is 7.04. The summed E-state index contributed by atoms with van der Waals surface area (Å²) in [6.07, 6.45) is 2.65. The van der Waals surface area contributed by atoms with Gasteiger partial charge in [-0.2, -0.15) is 0 Å². The van der Waals surface area contributed by atoms with Crippen molar-refractivity contribution in [3.63, 3.8) is 0 Å². The number of rotatable bonds is 6. The van der Waals surface area contributed by atoms with Crippen molar-refractivity contribution >= 4 is 67.6 Å². The Balaban J connectivity index is 2.23. The first-order chi connectivity index (χ1) is 10.8. The minimum absolute atomic E-state index is 0.0790. The van der Waals surface area contributed by atoms with E-state index in [4.69, 9.17) is 23.2 Å². The van der Waals surface area contributed by atoms with Crippen LogP contribution in [0.15, 0.2) is 18.2 Å². The summed E-state index contributed by atoms with van der Waals surface area (Å²) in [4.78, 5) is 23.9. The van der Waals surface area contributed by atoms with Gasteiger partial charge in [0.1, 0.15) is 12.8 Å². The van der Waals surface area contributed by atoms with Gasteiger partial charge in [-0.15, -0.1) is 0 Å². The molecular formula is C14H16Br2Cl2N3O2+. The van der Waals surface area contributed by atoms with Crippen molar-refractivity contribution in [2.45, 2.75) is 12.8 Å². The van der Waals surface area contributed by atoms with Crippen molar-refractivity contribution in [3.05, 3.63) is 33.8 Å². The number of nitrogens with one attached hydrogen (secondary N) is 1. The molecule has 1 fully saturated rings. The highest BCUT2D eigenvalue weighted by molar-refractivity contribution is 9.21. The smallest absolute Gasteiger partial charge is 0.220 e. The number of carbonyl (C=O) groups excluding carboxylic acids is 2. The number of hydrazine groups is 1. The zero-order valence-electron chi connectivity index (χ0n) is 12.1. The minimum atomic E-state index is -0.104. The standard InChI is InChI=1S/C14H16Br2Cl2N3O2/c15-20(16)19-21(5-1-2-10(7-21)9-22)8-14(23)12-4-3-11(17)6-13(12)18/h3-4,6,9-10,19H,1-2,5,7-8H2/q+1. The van der Waals surface area contributed by atoms with Crippen LogP contribution in [0.3, 0.4) is 0 Å². The molecule has 2 unspecified atom stereocenters. The number of aldehydes is 1. The molecule has 2 rings (SSSR count). The number of piperidine rings is 1. The highest BCUT2D eigenvalue weighted by atomic mass is 79.9. The number of Topliss-reactive ketones (excluding diaryl/α,β-unsaturated/α-hetero) is 1. The molecule has 1 heterocycles. The third-order valence-corrected chi connectivity index (χ3v) is 4.77. The molecule has 1 aliphatic heterocycles. The van der Waals surface area contributed by atoms with Crippen LogP contribution in [0, 0.1) is 5.92 Å². The average molecular weight is 489 g/mol. The number of quaternary nitrogens is 1. The van der Waals surface area contributed by atoms with Gasteiger partial charge in [0, 0.05) is 42.9 Å². The van der Waals surface area contributed by atoms with E-state index in [0.29, 0.717) is 22.2 Å². The van der Waals surface area contributed by atoms with Crippen LogP contribution in [0.4, 0.5) is 0 Å². The quantitative estimate of drug-likeness (QED) is 0.217. The highest BCUT2D eigenvalue weighted by Crippen LogP contribution is 2.26. The maximum absolute atomic E-state index is 12.7. The fraction of sp³-hybridized carbons (Fsp3) is 0.429. The van der Waals surface area contributed by atoms with E-state index >= 15 is 0 Å². The Morgan fingerprint density at radius 3 is 2.78 bits per heavy atom. The second-order valence-corrected chi connectivity index (χ2v) is 8.84. The first kappa shape index (κ1) is 19.3. The molecule has 0 aromatic heterocycles. The maximum Gasteiger partial charge on any atom is 0.220 e. The van der Waals surface area contributed by atoms with Crippen LogP contribution >= 0.6 is 55.5 Å². The number of nitrogens with zero attached hydrogens (tertiary/aromatic N) is 2. The predicted octanol–water partition coefficient (Wildman–Crippen LogP) is 3.94. The monoisotopic (exact) mass is 486 g/mol. The molecule has 1 aliphatic rings. The van der Waals surface area contributed by atoms with E-state index < -0.39 is 0 Å². The third kappa shape index (κ3) is 5.22. The van der Waals surface area contributed by atoms with Crippen LogP contribution in [0.25, 0.3) is 0 Å². The molecule has 126 valence electrons. The number of hydrogen-bond donors (Lipinski definition) is 1. The van der Waals surface area contributed by atoms with E-state index in [1.807, 2.05) is 0 Å². The molecule has 0 radical (unpaired) electrons. The SMILES string of the molecule is O=CC1CCC[N+](CC(=O)c2ccc(Cl)cc2Cl)(NN(Br)Br)C1. The van der Waals surface area contributed by atoms with Gasteiger partial charge in [0.15, 0.2) is 6.54 Å². The van der Waals surface area contributed by atoms with Crippen LogP contribution < -0.4 is 5.53 Å². The molecule has 9 heteroatoms. The molecule has 1 aromatic rings. The van der Waals surface area contributed by atoms with Crippen LogP contribution in [-0.4, -0.2) is 39.4 Å². The molecule has 0 spiro atoms. The van der Waals surface area contributed by atoms with Crippen molar-refractivity contribution in [2.24, 2.45) is 5.92 Å². The number of carbonyl (C=O) groups is 2. The van der Waals surface area contributed by atoms with E-state index in [2.05, 4.69) is 37.8 Å². The summed E-state index contributed by atoms with van der Waals surface area (Å²) in [5, 5.41) is 0.818. The first-order valence-corrected chi connectivity index (χ1v) is 9.22. The second-order valence-electron chi connectivity index (χ2n) is 5.63. The molecule has 0 bridgehead atoms. The van der Waals surface area contributed by atoms with E-state index in [1.54, 1.807) is 18.2 Å². The van der Waals surface area contributed by atoms with Crippen LogP contribution in [0.1, 0.15) is 23.2 Å². The van der Waals surface area contributed by atoms with Crippen molar-refractivity contribution < 1.29 is 14.2 Å². The molecule has 0 amide bonds. The largest absolute Gasteiger partial charge is 0.303 e. The van der Waals surface area contributed by atoms with Gasteiger partial charge in [0.2, 0.25) is 5.78 Å². The van der Waals surface area contributed by atoms with E-state index in [0.717, 1.165) is 25.7 Å². The van der Waals surface area contributed by atoms with Gasteiger partial charge in [0.05, 0.1) is 17.5 Å². The van der Waals surface area contributed by atoms with E-state index in [9.17, 15) is 9.59 Å². The summed E-state index contributed by atoms with van der Waals surface area (Å²) in [6.45, 7) is 1.45. The minimum Gasteiger partial charge on any atom is -0.303 e. The number of hydrogen-bond acceptors (Lipinski definition) is 4. The predicted molar refractivity (Wildman–Crippen MR) is 97.3 cm³/mol. The molecule has 1 aromatic carbocycles. The molecule has 1 N–H and O–H groups in total. The Bertz CT molecular complexity index is 603. The molecular weight excluding hydrogens is 473 g/mol. The van der Waals surface area contributed by atoms with Crippen LogP contribution in [-0.2, 0) is 4.79 Å². The summed E-state index contributed by atoms with van der Waals surface area (Å²) in [7, 11) is 0. The van der Waals surface area contributed by atoms with Crippen molar-refractivity contribution in [2.75, 3.05) is 19.6 Å². The fourth-order valence-corrected chi connectivity index (χ4v) is 4.09. The number of halogens is 4. The lowest BCUT2D eigenvalue weighted by Crippen LogP contribution is -2.66. The third-order valence-electron chi connectivity index (χ3n) is 3.90. The van der Waals surface area contributed by atoms with Crippen LogP contribution in [0.2, 0.25) is 10.0 Å². The Kier molecular flexibility index (Phi) is 7.03. The Morgan fingerprint density at radius 1 is 1.43 bits per heavy atom. The summed E-state index contributed by atoms with van der Waals surface area (Å²) >= 11 is 18.5. The molecule has 2 atom stereocenters. The zero-order valence-corrected chi connectivity index (χ0v) is 16.8. The normalized spacial score (nSPS) is 24.7. The van der Waals surface area contributed by atoms with E-state index in [-0.39, 0.29) is 22.8 Å². The number of benzene rings is 1. The van der Waals surface area contributed by atoms with Gasteiger partial charge >= 0.3 is 0 Å². The second kappa shape index (κ2) is 8.38. The van der Waals surface area contributed by atoms with Gasteiger partial charge in [-0.25, -0.2) is 4.59 Å². The average Bonchev–Trinajstić information content (AvgIpc) is 2.46. The highest BCUT2D eigenvalue weighted by Gasteiger charge is 2.39.